The van der Waals surface area contributed by atoms with Gasteiger partial charge in [0.05, 0.1) is 0 Å². The number of rotatable bonds is 6. The molecular formula is C18H14N2O4S2. The van der Waals surface area contributed by atoms with Gasteiger partial charge in [0.1, 0.15) is 11.4 Å². The van der Waals surface area contributed by atoms with Crippen LogP contribution in [0.15, 0.2) is 52.9 Å². The molecule has 0 aliphatic carbocycles. The zero-order valence-corrected chi connectivity index (χ0v) is 15.2. The van der Waals surface area contributed by atoms with E-state index in [4.69, 9.17) is 4.42 Å². The predicted octanol–water partition coefficient (Wildman–Crippen LogP) is 3.47. The lowest BCUT2D eigenvalue weighted by Gasteiger charge is -2.05. The van der Waals surface area contributed by atoms with Crippen molar-refractivity contribution in [2.75, 3.05) is 5.32 Å². The summed E-state index contributed by atoms with van der Waals surface area (Å²) in [5.74, 6) is -1.15. The number of thiol groups is 2. The van der Waals surface area contributed by atoms with E-state index >= 15 is 0 Å². The quantitative estimate of drug-likeness (QED) is 0.565. The Hall–Kier alpha value is -2.58. The molecule has 0 spiro atoms. The van der Waals surface area contributed by atoms with Gasteiger partial charge in [-0.05, 0) is 30.3 Å². The highest BCUT2D eigenvalue weighted by atomic mass is 32.1. The number of aromatic nitrogens is 1. The van der Waals surface area contributed by atoms with E-state index in [2.05, 4.69) is 35.6 Å². The maximum Gasteiger partial charge on any atom is 0.255 e. The fraction of sp³-hybridized carbons (Fsp3) is 0.111. The smallest absolute Gasteiger partial charge is 0.255 e. The Morgan fingerprint density at radius 2 is 1.81 bits per heavy atom. The molecule has 132 valence electrons. The van der Waals surface area contributed by atoms with Crippen molar-refractivity contribution in [2.45, 2.75) is 12.3 Å². The van der Waals surface area contributed by atoms with Crippen LogP contribution < -0.4 is 5.32 Å². The van der Waals surface area contributed by atoms with Crippen LogP contribution in [0.5, 0.6) is 0 Å². The average molecular weight is 386 g/mol. The number of carbonyl (C=O) groups excluding carboxylic acids is 3. The van der Waals surface area contributed by atoms with E-state index in [9.17, 15) is 14.4 Å². The topological polar surface area (TPSA) is 89.3 Å². The summed E-state index contributed by atoms with van der Waals surface area (Å²) in [4.78, 5) is 39.4. The van der Waals surface area contributed by atoms with Gasteiger partial charge in [-0.15, -0.1) is 25.3 Å². The SMILES string of the molecule is O=C(S)CC(C(=O)S)c1nc2ccc(C(=O)Nc3ccccc3)cc2o1. The molecule has 0 saturated carbocycles. The largest absolute Gasteiger partial charge is 0.440 e. The van der Waals surface area contributed by atoms with Crippen LogP contribution in [0.25, 0.3) is 11.1 Å². The number of hydrogen-bond acceptors (Lipinski definition) is 5. The Labute approximate surface area is 159 Å². The molecular weight excluding hydrogens is 372 g/mol. The van der Waals surface area contributed by atoms with E-state index < -0.39 is 16.1 Å². The molecule has 0 aliphatic rings. The fourth-order valence-corrected chi connectivity index (χ4v) is 2.80. The summed E-state index contributed by atoms with van der Waals surface area (Å²) in [5, 5.41) is 1.76. The molecule has 3 aromatic rings. The lowest BCUT2D eigenvalue weighted by molar-refractivity contribution is -0.117. The summed E-state index contributed by atoms with van der Waals surface area (Å²) in [7, 11) is 0. The van der Waals surface area contributed by atoms with Crippen molar-refractivity contribution < 1.29 is 18.8 Å². The minimum absolute atomic E-state index is 0.0722. The van der Waals surface area contributed by atoms with Crippen LogP contribution in [-0.4, -0.2) is 21.1 Å². The first-order chi connectivity index (χ1) is 12.4. The third kappa shape index (κ3) is 4.14. The minimum Gasteiger partial charge on any atom is -0.440 e. The second-order valence-corrected chi connectivity index (χ2v) is 6.48. The van der Waals surface area contributed by atoms with Crippen molar-refractivity contribution >= 4 is 58.2 Å². The third-order valence-corrected chi connectivity index (χ3v) is 4.17. The van der Waals surface area contributed by atoms with E-state index in [1.54, 1.807) is 24.3 Å². The maximum atomic E-state index is 12.4. The number of hydrogen-bond donors (Lipinski definition) is 3. The summed E-state index contributed by atoms with van der Waals surface area (Å²) in [6, 6.07) is 13.8. The van der Waals surface area contributed by atoms with E-state index in [1.807, 2.05) is 18.2 Å². The van der Waals surface area contributed by atoms with E-state index in [-0.39, 0.29) is 18.2 Å². The summed E-state index contributed by atoms with van der Waals surface area (Å²) in [6.07, 6.45) is -0.167. The van der Waals surface area contributed by atoms with Crippen molar-refractivity contribution in [2.24, 2.45) is 0 Å². The number of benzene rings is 2. The van der Waals surface area contributed by atoms with E-state index in [0.29, 0.717) is 22.4 Å². The van der Waals surface area contributed by atoms with Gasteiger partial charge in [-0.25, -0.2) is 4.98 Å². The average Bonchev–Trinajstić information content (AvgIpc) is 3.02. The predicted molar refractivity (Wildman–Crippen MR) is 104 cm³/mol. The third-order valence-electron chi connectivity index (χ3n) is 3.67. The second-order valence-electron chi connectivity index (χ2n) is 5.54. The van der Waals surface area contributed by atoms with E-state index in [1.165, 1.54) is 6.07 Å². The molecule has 1 aromatic heterocycles. The Morgan fingerprint density at radius 1 is 1.08 bits per heavy atom. The first-order valence-corrected chi connectivity index (χ1v) is 8.55. The minimum atomic E-state index is -0.919. The molecule has 0 bridgehead atoms. The maximum absolute atomic E-state index is 12.4. The van der Waals surface area contributed by atoms with Crippen molar-refractivity contribution in [1.82, 2.24) is 4.98 Å². The number of nitrogens with one attached hydrogen (secondary N) is 1. The summed E-state index contributed by atoms with van der Waals surface area (Å²) in [5.41, 5.74) is 1.86. The molecule has 2 aromatic carbocycles. The molecule has 0 saturated heterocycles. The standard InChI is InChI=1S/C18H14N2O4S2/c21-15(25)9-12(18(23)26)17-20-13-7-6-10(8-14(13)24-17)16(22)19-11-4-2-1-3-5-11/h1-8,12H,9H2,(H,19,22)(H,21,25)(H,23,26). The normalized spacial score (nSPS) is 11.9. The molecule has 6 nitrogen and oxygen atoms in total. The number of amides is 1. The van der Waals surface area contributed by atoms with Gasteiger partial charge >= 0.3 is 0 Å². The lowest BCUT2D eigenvalue weighted by Crippen LogP contribution is -2.11. The lowest BCUT2D eigenvalue weighted by atomic mass is 10.1. The van der Waals surface area contributed by atoms with Gasteiger partial charge in [-0.2, -0.15) is 0 Å². The number of nitrogens with zero attached hydrogens (tertiary/aromatic N) is 1. The molecule has 1 amide bonds. The first-order valence-electron chi connectivity index (χ1n) is 7.65. The highest BCUT2D eigenvalue weighted by Crippen LogP contribution is 2.27. The number of fused-ring (bicyclic) bond motifs is 1. The molecule has 3 rings (SSSR count). The highest BCUT2D eigenvalue weighted by Gasteiger charge is 2.26. The van der Waals surface area contributed by atoms with Crippen LogP contribution in [0.4, 0.5) is 5.69 Å². The van der Waals surface area contributed by atoms with Gasteiger partial charge in [0.2, 0.25) is 5.89 Å². The van der Waals surface area contributed by atoms with Gasteiger partial charge in [0.15, 0.2) is 15.8 Å². The number of anilines is 1. The second kappa shape index (κ2) is 7.76. The molecule has 1 heterocycles. The Kier molecular flexibility index (Phi) is 5.43. The molecule has 0 fully saturated rings. The Morgan fingerprint density at radius 3 is 2.46 bits per heavy atom. The molecule has 0 aliphatic heterocycles. The molecule has 8 heteroatoms. The highest BCUT2D eigenvalue weighted by molar-refractivity contribution is 7.97. The van der Waals surface area contributed by atoms with Crippen LogP contribution >= 0.6 is 25.3 Å². The van der Waals surface area contributed by atoms with Crippen molar-refractivity contribution in [3.05, 3.63) is 60.0 Å². The van der Waals surface area contributed by atoms with Crippen LogP contribution in [-0.2, 0) is 9.59 Å². The van der Waals surface area contributed by atoms with E-state index in [0.717, 1.165) is 0 Å². The van der Waals surface area contributed by atoms with Crippen LogP contribution in [0, 0.1) is 0 Å². The Bertz CT molecular complexity index is 985. The van der Waals surface area contributed by atoms with Gasteiger partial charge < -0.3 is 9.73 Å². The molecule has 1 N–H and O–H groups in total. The van der Waals surface area contributed by atoms with Crippen LogP contribution in [0.2, 0.25) is 0 Å². The summed E-state index contributed by atoms with van der Waals surface area (Å²) < 4.78 is 5.59. The molecule has 1 atom stereocenters. The van der Waals surface area contributed by atoms with Gasteiger partial charge in [0, 0.05) is 17.7 Å². The van der Waals surface area contributed by atoms with Gasteiger partial charge in [0.25, 0.3) is 5.91 Å². The summed E-state index contributed by atoms with van der Waals surface area (Å²) in [6.45, 7) is 0. The number of carbonyl (C=O) groups is 3. The zero-order valence-electron chi connectivity index (χ0n) is 13.4. The number of oxazole rings is 1. The van der Waals surface area contributed by atoms with Crippen molar-refractivity contribution in [1.29, 1.82) is 0 Å². The zero-order chi connectivity index (χ0) is 18.7. The summed E-state index contributed by atoms with van der Waals surface area (Å²) >= 11 is 7.47. The monoisotopic (exact) mass is 386 g/mol. The van der Waals surface area contributed by atoms with Crippen molar-refractivity contribution in [3.63, 3.8) is 0 Å². The fourth-order valence-electron chi connectivity index (χ4n) is 2.41. The van der Waals surface area contributed by atoms with Crippen molar-refractivity contribution in [3.8, 4) is 0 Å². The molecule has 1 unspecified atom stereocenters. The van der Waals surface area contributed by atoms with Crippen LogP contribution in [0.3, 0.4) is 0 Å². The first kappa shape index (κ1) is 18.2. The Balaban J connectivity index is 1.88. The number of para-hydroxylation sites is 1. The van der Waals surface area contributed by atoms with Gasteiger partial charge in [-0.1, -0.05) is 18.2 Å². The molecule has 26 heavy (non-hydrogen) atoms. The van der Waals surface area contributed by atoms with Gasteiger partial charge in [-0.3, -0.25) is 14.4 Å². The molecule has 0 radical (unpaired) electrons. The van der Waals surface area contributed by atoms with Crippen LogP contribution in [0.1, 0.15) is 28.6 Å².